The summed E-state index contributed by atoms with van der Waals surface area (Å²) < 4.78 is 5.05. The van der Waals surface area contributed by atoms with Gasteiger partial charge in [-0.15, -0.1) is 0 Å². The van der Waals surface area contributed by atoms with Gasteiger partial charge < -0.3 is 10.5 Å². The molecule has 4 heteroatoms. The maximum atomic E-state index is 6.11. The molecule has 0 aliphatic heterocycles. The Morgan fingerprint density at radius 1 is 1.35 bits per heavy atom. The van der Waals surface area contributed by atoms with E-state index in [1.165, 1.54) is 5.56 Å². The van der Waals surface area contributed by atoms with Gasteiger partial charge in [-0.2, -0.15) is 0 Å². The van der Waals surface area contributed by atoms with Crippen LogP contribution in [0, 0.1) is 0 Å². The summed E-state index contributed by atoms with van der Waals surface area (Å²) in [4.78, 5) is 8.67. The summed E-state index contributed by atoms with van der Waals surface area (Å²) in [6, 6.07) is 6.12. The number of nitrogens with zero attached hydrogens (tertiary/aromatic N) is 2. The zero-order valence-corrected chi connectivity index (χ0v) is 9.81. The molecule has 0 spiro atoms. The number of aromatic nitrogens is 2. The normalized spacial score (nSPS) is 17.1. The van der Waals surface area contributed by atoms with Crippen LogP contribution in [-0.2, 0) is 6.42 Å². The third-order valence-corrected chi connectivity index (χ3v) is 3.24. The van der Waals surface area contributed by atoms with Gasteiger partial charge in [0, 0.05) is 5.54 Å². The van der Waals surface area contributed by atoms with E-state index in [-0.39, 0.29) is 5.54 Å². The fourth-order valence-corrected chi connectivity index (χ4v) is 1.99. The summed E-state index contributed by atoms with van der Waals surface area (Å²) >= 11 is 0. The Morgan fingerprint density at radius 2 is 2.18 bits per heavy atom. The molecule has 2 N–H and O–H groups in total. The van der Waals surface area contributed by atoms with Gasteiger partial charge in [0.15, 0.2) is 0 Å². The van der Waals surface area contributed by atoms with Gasteiger partial charge in [-0.25, -0.2) is 9.97 Å². The zero-order valence-electron chi connectivity index (χ0n) is 9.81. The van der Waals surface area contributed by atoms with Crippen molar-refractivity contribution in [3.8, 4) is 5.88 Å². The molecule has 0 saturated heterocycles. The molecule has 1 fully saturated rings. The average molecular weight is 229 g/mol. The van der Waals surface area contributed by atoms with E-state index >= 15 is 0 Å². The standard InChI is InChI=1S/C13H15N3O/c1-17-12-8-15-11-6-9(2-3-10(11)16-12)7-13(14)4-5-13/h2-3,6,8H,4-5,7,14H2,1H3. The second-order valence-corrected chi connectivity index (χ2v) is 4.77. The molecule has 1 saturated carbocycles. The van der Waals surface area contributed by atoms with Crippen LogP contribution in [0.5, 0.6) is 5.88 Å². The number of nitrogens with two attached hydrogens (primary N) is 1. The monoisotopic (exact) mass is 229 g/mol. The Morgan fingerprint density at radius 3 is 2.88 bits per heavy atom. The summed E-state index contributed by atoms with van der Waals surface area (Å²) in [6.45, 7) is 0. The van der Waals surface area contributed by atoms with Crippen LogP contribution in [0.15, 0.2) is 24.4 Å². The number of ether oxygens (including phenoxy) is 1. The zero-order chi connectivity index (χ0) is 11.9. The van der Waals surface area contributed by atoms with Crippen molar-refractivity contribution in [2.75, 3.05) is 7.11 Å². The lowest BCUT2D eigenvalue weighted by atomic mass is 10.0. The van der Waals surface area contributed by atoms with Gasteiger partial charge in [-0.05, 0) is 37.0 Å². The summed E-state index contributed by atoms with van der Waals surface area (Å²) in [6.07, 6.45) is 4.82. The Kier molecular flexibility index (Phi) is 2.26. The molecule has 0 atom stereocenters. The van der Waals surface area contributed by atoms with Crippen LogP contribution in [0.3, 0.4) is 0 Å². The number of hydrogen-bond acceptors (Lipinski definition) is 4. The highest BCUT2D eigenvalue weighted by Crippen LogP contribution is 2.35. The molecule has 0 unspecified atom stereocenters. The maximum Gasteiger partial charge on any atom is 0.232 e. The van der Waals surface area contributed by atoms with Gasteiger partial charge in [0.05, 0.1) is 24.3 Å². The first-order valence-corrected chi connectivity index (χ1v) is 5.77. The molecule has 1 aromatic heterocycles. The average Bonchev–Trinajstić information content (AvgIpc) is 3.06. The van der Waals surface area contributed by atoms with Crippen LogP contribution in [0.4, 0.5) is 0 Å². The molecule has 0 radical (unpaired) electrons. The second-order valence-electron chi connectivity index (χ2n) is 4.77. The van der Waals surface area contributed by atoms with Gasteiger partial charge in [0.1, 0.15) is 0 Å². The van der Waals surface area contributed by atoms with E-state index < -0.39 is 0 Å². The molecule has 17 heavy (non-hydrogen) atoms. The van der Waals surface area contributed by atoms with E-state index in [1.807, 2.05) is 6.07 Å². The summed E-state index contributed by atoms with van der Waals surface area (Å²) in [5.74, 6) is 0.544. The first-order valence-electron chi connectivity index (χ1n) is 5.77. The SMILES string of the molecule is COc1cnc2cc(CC3(N)CC3)ccc2n1. The van der Waals surface area contributed by atoms with E-state index in [1.54, 1.807) is 13.3 Å². The Labute approximate surface area is 99.8 Å². The highest BCUT2D eigenvalue weighted by molar-refractivity contribution is 5.75. The Balaban J connectivity index is 1.95. The maximum absolute atomic E-state index is 6.11. The number of benzene rings is 1. The summed E-state index contributed by atoms with van der Waals surface area (Å²) in [5, 5.41) is 0. The van der Waals surface area contributed by atoms with Crippen molar-refractivity contribution < 1.29 is 4.74 Å². The van der Waals surface area contributed by atoms with Gasteiger partial charge >= 0.3 is 0 Å². The highest BCUT2D eigenvalue weighted by Gasteiger charge is 2.37. The van der Waals surface area contributed by atoms with E-state index in [2.05, 4.69) is 22.1 Å². The van der Waals surface area contributed by atoms with Crippen LogP contribution in [0.25, 0.3) is 11.0 Å². The minimum atomic E-state index is 0.0353. The quantitative estimate of drug-likeness (QED) is 0.869. The number of fused-ring (bicyclic) bond motifs is 1. The fourth-order valence-electron chi connectivity index (χ4n) is 1.99. The van der Waals surface area contributed by atoms with Crippen LogP contribution in [-0.4, -0.2) is 22.6 Å². The van der Waals surface area contributed by atoms with Crippen LogP contribution in [0.2, 0.25) is 0 Å². The van der Waals surface area contributed by atoms with Crippen LogP contribution in [0.1, 0.15) is 18.4 Å². The van der Waals surface area contributed by atoms with E-state index in [0.717, 1.165) is 30.3 Å². The van der Waals surface area contributed by atoms with Crippen molar-refractivity contribution in [1.29, 1.82) is 0 Å². The lowest BCUT2D eigenvalue weighted by Gasteiger charge is -2.09. The van der Waals surface area contributed by atoms with Crippen molar-refractivity contribution in [3.05, 3.63) is 30.0 Å². The van der Waals surface area contributed by atoms with Gasteiger partial charge in [-0.3, -0.25) is 0 Å². The molecule has 1 heterocycles. The molecule has 0 amide bonds. The van der Waals surface area contributed by atoms with Crippen LogP contribution >= 0.6 is 0 Å². The lowest BCUT2D eigenvalue weighted by molar-refractivity contribution is 0.397. The predicted molar refractivity (Wildman–Crippen MR) is 65.9 cm³/mol. The molecule has 1 aliphatic rings. The highest BCUT2D eigenvalue weighted by atomic mass is 16.5. The molecule has 4 nitrogen and oxygen atoms in total. The molecule has 1 aliphatic carbocycles. The molecule has 88 valence electrons. The first kappa shape index (κ1) is 10.5. The second kappa shape index (κ2) is 3.67. The topological polar surface area (TPSA) is 61.0 Å². The third kappa shape index (κ3) is 2.08. The third-order valence-electron chi connectivity index (χ3n) is 3.24. The van der Waals surface area contributed by atoms with Gasteiger partial charge in [0.25, 0.3) is 0 Å². The van der Waals surface area contributed by atoms with E-state index in [4.69, 9.17) is 10.5 Å². The van der Waals surface area contributed by atoms with E-state index in [0.29, 0.717) is 5.88 Å². The molecular formula is C13H15N3O. The Bertz CT molecular complexity index is 564. The van der Waals surface area contributed by atoms with Crippen molar-refractivity contribution in [2.45, 2.75) is 24.8 Å². The van der Waals surface area contributed by atoms with E-state index in [9.17, 15) is 0 Å². The molecule has 2 aromatic rings. The van der Waals surface area contributed by atoms with Gasteiger partial charge in [0.2, 0.25) is 5.88 Å². The largest absolute Gasteiger partial charge is 0.480 e. The van der Waals surface area contributed by atoms with Crippen molar-refractivity contribution in [2.24, 2.45) is 5.73 Å². The van der Waals surface area contributed by atoms with Crippen molar-refractivity contribution in [1.82, 2.24) is 9.97 Å². The number of methoxy groups -OCH3 is 1. The fraction of sp³-hybridized carbons (Fsp3) is 0.385. The predicted octanol–water partition coefficient (Wildman–Crippen LogP) is 1.67. The summed E-state index contributed by atoms with van der Waals surface area (Å²) in [5.41, 5.74) is 9.13. The number of rotatable bonds is 3. The first-order chi connectivity index (χ1) is 8.18. The lowest BCUT2D eigenvalue weighted by Crippen LogP contribution is -2.24. The van der Waals surface area contributed by atoms with Crippen LogP contribution < -0.4 is 10.5 Å². The molecule has 3 rings (SSSR count). The molecule has 0 bridgehead atoms. The molecular weight excluding hydrogens is 214 g/mol. The Hall–Kier alpha value is -1.68. The minimum absolute atomic E-state index is 0.0353. The minimum Gasteiger partial charge on any atom is -0.480 e. The van der Waals surface area contributed by atoms with Crippen molar-refractivity contribution in [3.63, 3.8) is 0 Å². The van der Waals surface area contributed by atoms with Gasteiger partial charge in [-0.1, -0.05) is 6.07 Å². The number of hydrogen-bond donors (Lipinski definition) is 1. The summed E-state index contributed by atoms with van der Waals surface area (Å²) in [7, 11) is 1.59. The smallest absolute Gasteiger partial charge is 0.232 e. The molecule has 1 aromatic carbocycles. The van der Waals surface area contributed by atoms with Crippen molar-refractivity contribution >= 4 is 11.0 Å².